The van der Waals surface area contributed by atoms with Crippen molar-refractivity contribution in [1.82, 2.24) is 5.32 Å². The molecule has 74 valence electrons. The van der Waals surface area contributed by atoms with Gasteiger partial charge >= 0.3 is 0 Å². The van der Waals surface area contributed by atoms with E-state index in [4.69, 9.17) is 11.6 Å². The summed E-state index contributed by atoms with van der Waals surface area (Å²) >= 11 is 6.01. The molecule has 2 atom stereocenters. The van der Waals surface area contributed by atoms with E-state index >= 15 is 0 Å². The van der Waals surface area contributed by atoms with Crippen molar-refractivity contribution in [1.29, 1.82) is 0 Å². The number of hydrogen-bond acceptors (Lipinski definition) is 2. The Morgan fingerprint density at radius 2 is 2.29 bits per heavy atom. The van der Waals surface area contributed by atoms with Gasteiger partial charge in [-0.05, 0) is 36.7 Å². The van der Waals surface area contributed by atoms with Crippen LogP contribution in [0.4, 0.5) is 5.69 Å². The maximum Gasteiger partial charge on any atom is 0.0410 e. The van der Waals surface area contributed by atoms with Crippen LogP contribution in [0, 0.1) is 0 Å². The molecule has 14 heavy (non-hydrogen) atoms. The molecule has 0 aliphatic carbocycles. The molecule has 1 aromatic carbocycles. The maximum atomic E-state index is 6.01. The van der Waals surface area contributed by atoms with E-state index in [1.165, 1.54) is 17.7 Å². The molecule has 3 rings (SSSR count). The fourth-order valence-electron chi connectivity index (χ4n) is 2.53. The highest BCUT2D eigenvalue weighted by Gasteiger charge is 2.33. The first kappa shape index (κ1) is 8.57. The van der Waals surface area contributed by atoms with Crippen LogP contribution in [0.2, 0.25) is 5.02 Å². The summed E-state index contributed by atoms with van der Waals surface area (Å²) in [5.74, 6) is 0.609. The topological polar surface area (TPSA) is 24.1 Å². The van der Waals surface area contributed by atoms with E-state index in [9.17, 15) is 0 Å². The summed E-state index contributed by atoms with van der Waals surface area (Å²) < 4.78 is 0. The van der Waals surface area contributed by atoms with Gasteiger partial charge in [0.05, 0.1) is 0 Å². The molecule has 0 spiro atoms. The van der Waals surface area contributed by atoms with Crippen molar-refractivity contribution in [3.05, 3.63) is 28.8 Å². The van der Waals surface area contributed by atoms with Crippen LogP contribution in [-0.4, -0.2) is 19.1 Å². The number of rotatable bonds is 0. The van der Waals surface area contributed by atoms with Gasteiger partial charge in [0, 0.05) is 29.2 Å². The van der Waals surface area contributed by atoms with Crippen LogP contribution in [0.15, 0.2) is 18.2 Å². The average molecular weight is 209 g/mol. The average Bonchev–Trinajstić information content (AvgIpc) is 2.56. The van der Waals surface area contributed by atoms with Gasteiger partial charge in [-0.2, -0.15) is 0 Å². The minimum absolute atomic E-state index is 0.609. The number of hydrogen-bond donors (Lipinski definition) is 2. The Kier molecular flexibility index (Phi) is 1.92. The molecule has 2 aliphatic rings. The highest BCUT2D eigenvalue weighted by molar-refractivity contribution is 6.30. The summed E-state index contributed by atoms with van der Waals surface area (Å²) in [5, 5.41) is 7.84. The fraction of sp³-hybridized carbons (Fsp3) is 0.455. The highest BCUT2D eigenvalue weighted by Crippen LogP contribution is 2.39. The predicted molar refractivity (Wildman–Crippen MR) is 59.1 cm³/mol. The van der Waals surface area contributed by atoms with Crippen LogP contribution < -0.4 is 10.6 Å². The van der Waals surface area contributed by atoms with Crippen LogP contribution in [0.3, 0.4) is 0 Å². The first-order valence-electron chi connectivity index (χ1n) is 5.11. The highest BCUT2D eigenvalue weighted by atomic mass is 35.5. The Morgan fingerprint density at radius 3 is 3.21 bits per heavy atom. The van der Waals surface area contributed by atoms with Crippen LogP contribution in [0.1, 0.15) is 17.9 Å². The van der Waals surface area contributed by atoms with Gasteiger partial charge in [-0.1, -0.05) is 11.6 Å². The standard InChI is InChI=1S/C11H13ClN2/c12-7-1-2-10-8(5-7)9-6-13-4-3-11(9)14-10/h1-2,5,9,11,13-14H,3-4,6H2. The number of nitrogens with one attached hydrogen (secondary N) is 2. The van der Waals surface area contributed by atoms with E-state index < -0.39 is 0 Å². The van der Waals surface area contributed by atoms with E-state index in [0.29, 0.717) is 12.0 Å². The van der Waals surface area contributed by atoms with Gasteiger partial charge in [0.1, 0.15) is 0 Å². The monoisotopic (exact) mass is 208 g/mol. The molecule has 2 heterocycles. The van der Waals surface area contributed by atoms with Crippen molar-refractivity contribution < 1.29 is 0 Å². The summed E-state index contributed by atoms with van der Waals surface area (Å²) in [6.07, 6.45) is 1.21. The lowest BCUT2D eigenvalue weighted by Crippen LogP contribution is -2.38. The van der Waals surface area contributed by atoms with Gasteiger partial charge in [-0.15, -0.1) is 0 Å². The van der Waals surface area contributed by atoms with Crippen molar-refractivity contribution in [3.63, 3.8) is 0 Å². The SMILES string of the molecule is Clc1ccc2c(c1)C1CNCCC1N2. The molecule has 1 aromatic rings. The van der Waals surface area contributed by atoms with Gasteiger partial charge in [0.2, 0.25) is 0 Å². The Balaban J connectivity index is 2.02. The number of piperidine rings is 1. The molecule has 0 bridgehead atoms. The number of halogens is 1. The van der Waals surface area contributed by atoms with Gasteiger partial charge in [-0.3, -0.25) is 0 Å². The predicted octanol–water partition coefficient (Wildman–Crippen LogP) is 2.21. The second-order valence-corrected chi connectivity index (χ2v) is 4.52. The summed E-state index contributed by atoms with van der Waals surface area (Å²) in [5.41, 5.74) is 2.66. The molecule has 2 aliphatic heterocycles. The van der Waals surface area contributed by atoms with E-state index in [0.717, 1.165) is 18.1 Å². The normalized spacial score (nSPS) is 29.2. The Bertz CT molecular complexity index is 364. The molecular formula is C11H13ClN2. The zero-order valence-electron chi connectivity index (χ0n) is 7.89. The Labute approximate surface area is 88.6 Å². The number of benzene rings is 1. The molecule has 0 saturated carbocycles. The first-order chi connectivity index (χ1) is 6.84. The van der Waals surface area contributed by atoms with E-state index in [1.54, 1.807) is 0 Å². The molecule has 0 radical (unpaired) electrons. The van der Waals surface area contributed by atoms with Crippen molar-refractivity contribution in [3.8, 4) is 0 Å². The Hall–Kier alpha value is -0.730. The molecule has 0 amide bonds. The van der Waals surface area contributed by atoms with Crippen molar-refractivity contribution in [2.45, 2.75) is 18.4 Å². The molecule has 2 nitrogen and oxygen atoms in total. The van der Waals surface area contributed by atoms with E-state index in [2.05, 4.69) is 22.8 Å². The molecule has 2 unspecified atom stereocenters. The quantitative estimate of drug-likeness (QED) is 0.683. The van der Waals surface area contributed by atoms with Crippen LogP contribution in [-0.2, 0) is 0 Å². The molecule has 1 fully saturated rings. The van der Waals surface area contributed by atoms with Crippen molar-refractivity contribution in [2.75, 3.05) is 18.4 Å². The van der Waals surface area contributed by atoms with E-state index in [1.807, 2.05) is 6.07 Å². The third kappa shape index (κ3) is 1.22. The number of anilines is 1. The van der Waals surface area contributed by atoms with Crippen molar-refractivity contribution in [2.24, 2.45) is 0 Å². The smallest absolute Gasteiger partial charge is 0.0410 e. The Morgan fingerprint density at radius 1 is 1.36 bits per heavy atom. The van der Waals surface area contributed by atoms with Crippen LogP contribution in [0.5, 0.6) is 0 Å². The summed E-state index contributed by atoms with van der Waals surface area (Å²) in [7, 11) is 0. The second kappa shape index (κ2) is 3.14. The van der Waals surface area contributed by atoms with E-state index in [-0.39, 0.29) is 0 Å². The molecule has 1 saturated heterocycles. The van der Waals surface area contributed by atoms with Crippen molar-refractivity contribution >= 4 is 17.3 Å². The maximum absolute atomic E-state index is 6.01. The third-order valence-corrected chi connectivity index (χ3v) is 3.47. The first-order valence-corrected chi connectivity index (χ1v) is 5.49. The summed E-state index contributed by atoms with van der Waals surface area (Å²) in [6.45, 7) is 2.20. The van der Waals surface area contributed by atoms with Crippen LogP contribution >= 0.6 is 11.6 Å². The molecule has 0 aromatic heterocycles. The minimum atomic E-state index is 0.609. The third-order valence-electron chi connectivity index (χ3n) is 3.24. The zero-order valence-corrected chi connectivity index (χ0v) is 8.64. The lowest BCUT2D eigenvalue weighted by atomic mass is 9.91. The van der Waals surface area contributed by atoms with Gasteiger partial charge < -0.3 is 10.6 Å². The lowest BCUT2D eigenvalue weighted by molar-refractivity contribution is 0.440. The van der Waals surface area contributed by atoms with Gasteiger partial charge in [-0.25, -0.2) is 0 Å². The molecule has 3 heteroatoms. The summed E-state index contributed by atoms with van der Waals surface area (Å²) in [6, 6.07) is 6.76. The van der Waals surface area contributed by atoms with Gasteiger partial charge in [0.15, 0.2) is 0 Å². The molecular weight excluding hydrogens is 196 g/mol. The fourth-order valence-corrected chi connectivity index (χ4v) is 2.71. The largest absolute Gasteiger partial charge is 0.381 e. The minimum Gasteiger partial charge on any atom is -0.381 e. The van der Waals surface area contributed by atoms with Crippen LogP contribution in [0.25, 0.3) is 0 Å². The number of fused-ring (bicyclic) bond motifs is 3. The second-order valence-electron chi connectivity index (χ2n) is 4.08. The zero-order chi connectivity index (χ0) is 9.54. The van der Waals surface area contributed by atoms with Gasteiger partial charge in [0.25, 0.3) is 0 Å². The summed E-state index contributed by atoms with van der Waals surface area (Å²) in [4.78, 5) is 0. The molecule has 2 N–H and O–H groups in total. The lowest BCUT2D eigenvalue weighted by Gasteiger charge is -2.26.